The lowest BCUT2D eigenvalue weighted by molar-refractivity contribution is -0.137. The van der Waals surface area contributed by atoms with Crippen LogP contribution in [0.4, 0.5) is 19.0 Å². The van der Waals surface area contributed by atoms with Gasteiger partial charge in [0.2, 0.25) is 5.91 Å². The van der Waals surface area contributed by atoms with Crippen molar-refractivity contribution in [1.29, 1.82) is 0 Å². The molecular weight excluding hydrogens is 399 g/mol. The topological polar surface area (TPSA) is 90.0 Å². The molecule has 1 atom stereocenters. The number of anilines is 1. The molecule has 30 heavy (non-hydrogen) atoms. The molecule has 0 saturated carbocycles. The maximum atomic E-state index is 13.7. The third kappa shape index (κ3) is 3.67. The number of aromatic amines is 1. The summed E-state index contributed by atoms with van der Waals surface area (Å²) < 4.78 is 41.1. The Kier molecular flexibility index (Phi) is 5.06. The van der Waals surface area contributed by atoms with E-state index in [1.807, 2.05) is 4.90 Å². The number of aromatic nitrogens is 4. The molecule has 0 aromatic carbocycles. The second kappa shape index (κ2) is 7.56. The number of pyridine rings is 2. The Bertz CT molecular complexity index is 1090. The molecule has 2 N–H and O–H groups in total. The van der Waals surface area contributed by atoms with Crippen LogP contribution in [0.1, 0.15) is 8.42 Å². The third-order valence-corrected chi connectivity index (χ3v) is 4.99. The summed E-state index contributed by atoms with van der Waals surface area (Å²) in [6.07, 6.45) is -3.07. The highest BCUT2D eigenvalue weighted by atomic mass is 19.4. The predicted molar refractivity (Wildman–Crippen MR) is 109 cm³/mol. The van der Waals surface area contributed by atoms with Crippen molar-refractivity contribution in [3.8, 4) is 11.4 Å². The summed E-state index contributed by atoms with van der Waals surface area (Å²) in [5, 5.41) is 10.2. The van der Waals surface area contributed by atoms with Crippen LogP contribution in [-0.2, 0) is 11.0 Å². The van der Waals surface area contributed by atoms with Crippen molar-refractivity contribution in [3.05, 3.63) is 36.0 Å². The summed E-state index contributed by atoms with van der Waals surface area (Å²) in [7, 11) is 3.32. The third-order valence-electron chi connectivity index (χ3n) is 4.99. The number of carbonyl (C=O) groups is 1. The Hall–Kier alpha value is -3.21. The summed E-state index contributed by atoms with van der Waals surface area (Å²) in [6, 6.07) is 5.17. The van der Waals surface area contributed by atoms with Gasteiger partial charge < -0.3 is 15.1 Å². The maximum Gasteiger partial charge on any atom is 0.418 e. The molecule has 1 saturated heterocycles. The van der Waals surface area contributed by atoms with Crippen LogP contribution in [0.2, 0.25) is 0 Å². The van der Waals surface area contributed by atoms with Crippen LogP contribution < -0.4 is 10.2 Å². The van der Waals surface area contributed by atoms with Crippen LogP contribution in [0.25, 0.3) is 22.4 Å². The van der Waals surface area contributed by atoms with Gasteiger partial charge in [0.05, 0.1) is 11.3 Å². The maximum absolute atomic E-state index is 13.7. The molecule has 3 aromatic rings. The molecule has 1 aliphatic rings. The van der Waals surface area contributed by atoms with E-state index in [9.17, 15) is 18.0 Å². The standard InChI is InChI=1S/C19H20F3N7O.2H2/c1-28(2)18(30)13-10-29(9-8-23-13)14-6-5-12(19(20,21)22)16(25-14)15-11-4-3-7-24-17(11)27-26-15;;/h3-7,13,23H,8-10H2,1-2H3,(H,24,26,27);2*1H. The van der Waals surface area contributed by atoms with Crippen LogP contribution in [0.15, 0.2) is 30.5 Å². The molecule has 0 spiro atoms. The van der Waals surface area contributed by atoms with Crippen molar-refractivity contribution in [3.63, 3.8) is 0 Å². The molecule has 1 fully saturated rings. The average molecular weight is 423 g/mol. The van der Waals surface area contributed by atoms with E-state index in [1.165, 1.54) is 17.2 Å². The fraction of sp³-hybridized carbons (Fsp3) is 0.368. The van der Waals surface area contributed by atoms with Crippen LogP contribution in [0, 0.1) is 0 Å². The van der Waals surface area contributed by atoms with Crippen molar-refractivity contribution < 1.29 is 20.8 Å². The number of rotatable bonds is 3. The fourth-order valence-electron chi connectivity index (χ4n) is 3.51. The summed E-state index contributed by atoms with van der Waals surface area (Å²) in [4.78, 5) is 24.0. The Morgan fingerprint density at radius 3 is 2.83 bits per heavy atom. The van der Waals surface area contributed by atoms with Gasteiger partial charge in [0.25, 0.3) is 0 Å². The SMILES string of the molecule is CN(C)C(=O)C1CN(c2ccc(C(F)(F)F)c(-c3[nH]nc4ncccc34)n2)CCN1.[HH].[HH]. The first-order chi connectivity index (χ1) is 14.3. The van der Waals surface area contributed by atoms with Gasteiger partial charge in [-0.3, -0.25) is 9.89 Å². The molecule has 0 aliphatic carbocycles. The second-order valence-corrected chi connectivity index (χ2v) is 7.22. The molecular formula is C19H24F3N7O. The smallest absolute Gasteiger partial charge is 0.353 e. The van der Waals surface area contributed by atoms with Gasteiger partial charge in [0.1, 0.15) is 17.6 Å². The monoisotopic (exact) mass is 423 g/mol. The van der Waals surface area contributed by atoms with E-state index in [0.29, 0.717) is 36.5 Å². The molecule has 8 nitrogen and oxygen atoms in total. The minimum absolute atomic E-state index is 0. The zero-order chi connectivity index (χ0) is 21.5. The van der Waals surface area contributed by atoms with E-state index >= 15 is 0 Å². The van der Waals surface area contributed by atoms with Crippen LogP contribution >= 0.6 is 0 Å². The van der Waals surface area contributed by atoms with Gasteiger partial charge in [-0.15, -0.1) is 0 Å². The lowest BCUT2D eigenvalue weighted by Crippen LogP contribution is -2.57. The largest absolute Gasteiger partial charge is 0.418 e. The number of likely N-dealkylation sites (N-methyl/N-ethyl adjacent to an activating group) is 1. The molecule has 11 heteroatoms. The number of nitrogens with zero attached hydrogens (tertiary/aromatic N) is 5. The van der Waals surface area contributed by atoms with Crippen LogP contribution in [0.3, 0.4) is 0 Å². The van der Waals surface area contributed by atoms with Gasteiger partial charge in [-0.05, 0) is 24.3 Å². The van der Waals surface area contributed by atoms with E-state index in [1.54, 1.807) is 26.2 Å². The molecule has 1 amide bonds. The highest BCUT2D eigenvalue weighted by molar-refractivity contribution is 5.90. The number of fused-ring (bicyclic) bond motifs is 1. The van der Waals surface area contributed by atoms with E-state index < -0.39 is 17.8 Å². The normalized spacial score (nSPS) is 17.4. The molecule has 3 aromatic heterocycles. The number of carbonyl (C=O) groups excluding carboxylic acids is 1. The minimum atomic E-state index is -4.59. The number of halogens is 3. The molecule has 0 radical (unpaired) electrons. The Morgan fingerprint density at radius 1 is 1.30 bits per heavy atom. The molecule has 1 unspecified atom stereocenters. The van der Waals surface area contributed by atoms with Crippen molar-refractivity contribution in [2.75, 3.05) is 38.6 Å². The van der Waals surface area contributed by atoms with Crippen LogP contribution in [-0.4, -0.2) is 70.7 Å². The van der Waals surface area contributed by atoms with E-state index in [-0.39, 0.29) is 20.1 Å². The van der Waals surface area contributed by atoms with E-state index in [4.69, 9.17) is 0 Å². The highest BCUT2D eigenvalue weighted by Gasteiger charge is 2.36. The number of alkyl halides is 3. The van der Waals surface area contributed by atoms with Crippen LogP contribution in [0.5, 0.6) is 0 Å². The summed E-state index contributed by atoms with van der Waals surface area (Å²) >= 11 is 0. The number of hydrogen-bond acceptors (Lipinski definition) is 6. The zero-order valence-electron chi connectivity index (χ0n) is 16.4. The van der Waals surface area contributed by atoms with Crippen molar-refractivity contribution in [2.45, 2.75) is 12.2 Å². The van der Waals surface area contributed by atoms with Gasteiger partial charge in [0, 0.05) is 48.2 Å². The van der Waals surface area contributed by atoms with E-state index in [0.717, 1.165) is 6.07 Å². The number of amides is 1. The van der Waals surface area contributed by atoms with Crippen molar-refractivity contribution in [2.24, 2.45) is 0 Å². The minimum Gasteiger partial charge on any atom is -0.353 e. The first-order valence-electron chi connectivity index (χ1n) is 9.33. The molecule has 4 heterocycles. The summed E-state index contributed by atoms with van der Waals surface area (Å²) in [5.41, 5.74) is -0.642. The number of piperazine rings is 1. The molecule has 4 rings (SSSR count). The van der Waals surface area contributed by atoms with E-state index in [2.05, 4.69) is 25.5 Å². The van der Waals surface area contributed by atoms with Gasteiger partial charge >= 0.3 is 6.18 Å². The fourth-order valence-corrected chi connectivity index (χ4v) is 3.51. The highest BCUT2D eigenvalue weighted by Crippen LogP contribution is 2.38. The number of hydrogen-bond donors (Lipinski definition) is 2. The number of nitrogens with one attached hydrogen (secondary N) is 2. The predicted octanol–water partition coefficient (Wildman–Crippen LogP) is 2.40. The van der Waals surface area contributed by atoms with Gasteiger partial charge in [-0.2, -0.15) is 18.3 Å². The second-order valence-electron chi connectivity index (χ2n) is 7.22. The Balaban J connectivity index is 0.00000181. The Labute approximate surface area is 173 Å². The van der Waals surface area contributed by atoms with Gasteiger partial charge in [0.15, 0.2) is 5.65 Å². The first-order valence-corrected chi connectivity index (χ1v) is 9.33. The van der Waals surface area contributed by atoms with Gasteiger partial charge in [-0.1, -0.05) is 0 Å². The van der Waals surface area contributed by atoms with Crippen molar-refractivity contribution >= 4 is 22.8 Å². The lowest BCUT2D eigenvalue weighted by atomic mass is 10.1. The zero-order valence-corrected chi connectivity index (χ0v) is 16.4. The van der Waals surface area contributed by atoms with Gasteiger partial charge in [-0.25, -0.2) is 9.97 Å². The quantitative estimate of drug-likeness (QED) is 0.673. The Morgan fingerprint density at radius 2 is 2.10 bits per heavy atom. The molecule has 1 aliphatic heterocycles. The molecule has 0 bridgehead atoms. The average Bonchev–Trinajstić information content (AvgIpc) is 3.16. The molecule has 162 valence electrons. The summed E-state index contributed by atoms with van der Waals surface area (Å²) in [6.45, 7) is 1.33. The number of H-pyrrole nitrogens is 1. The summed E-state index contributed by atoms with van der Waals surface area (Å²) in [5.74, 6) is 0.264. The van der Waals surface area contributed by atoms with Crippen molar-refractivity contribution in [1.82, 2.24) is 30.4 Å². The first kappa shape index (κ1) is 20.1. The lowest BCUT2D eigenvalue weighted by Gasteiger charge is -2.35.